The summed E-state index contributed by atoms with van der Waals surface area (Å²) in [6.45, 7) is -0.0929. The van der Waals surface area contributed by atoms with E-state index < -0.39 is 6.61 Å². The number of hydrogen-bond acceptors (Lipinski definition) is 6. The first-order valence-corrected chi connectivity index (χ1v) is 7.71. The van der Waals surface area contributed by atoms with Gasteiger partial charge in [0.1, 0.15) is 5.60 Å². The van der Waals surface area contributed by atoms with Crippen LogP contribution in [0.2, 0.25) is 0 Å². The molecule has 3 N–H and O–H groups in total. The number of halogens is 3. The van der Waals surface area contributed by atoms with Crippen molar-refractivity contribution in [3.05, 3.63) is 24.0 Å². The van der Waals surface area contributed by atoms with Gasteiger partial charge in [-0.05, 0) is 25.1 Å². The van der Waals surface area contributed by atoms with Crippen LogP contribution in [0.1, 0.15) is 12.1 Å². The van der Waals surface area contributed by atoms with Crippen LogP contribution < -0.4 is 15.8 Å². The normalized spacial score (nSPS) is 22.0. The molecule has 0 amide bonds. The zero-order valence-corrected chi connectivity index (χ0v) is 14.1. The van der Waals surface area contributed by atoms with Crippen LogP contribution in [0.3, 0.4) is 0 Å². The summed E-state index contributed by atoms with van der Waals surface area (Å²) in [5.41, 5.74) is 7.41. The van der Waals surface area contributed by atoms with Crippen molar-refractivity contribution >= 4 is 18.2 Å². The van der Waals surface area contributed by atoms with Crippen LogP contribution >= 0.6 is 12.4 Å². The number of hydrogen-bond donors (Lipinski definition) is 2. The van der Waals surface area contributed by atoms with E-state index in [4.69, 9.17) is 10.5 Å². The topological polar surface area (TPSA) is 87.2 Å². The van der Waals surface area contributed by atoms with E-state index in [1.54, 1.807) is 0 Å². The standard InChI is InChI=1S/C15H17F2N5O2.ClH/c16-14(17)24-11-5-9(7-20-13(11)18)10-6-12-15(1-2-19-8-15)23-4-3-22(12)21-10;/h5-7,14,19H,1-4,8H2,(H2,18,20);1H/t15-;/m1./s1. The molecule has 1 fully saturated rings. The molecule has 2 aliphatic heterocycles. The van der Waals surface area contributed by atoms with Crippen molar-refractivity contribution < 1.29 is 18.3 Å². The van der Waals surface area contributed by atoms with Crippen molar-refractivity contribution in [3.8, 4) is 17.0 Å². The third-order valence-corrected chi connectivity index (χ3v) is 4.44. The molecule has 2 aromatic heterocycles. The van der Waals surface area contributed by atoms with E-state index >= 15 is 0 Å². The quantitative estimate of drug-likeness (QED) is 0.852. The van der Waals surface area contributed by atoms with Crippen molar-refractivity contribution in [3.63, 3.8) is 0 Å². The van der Waals surface area contributed by atoms with Crippen LogP contribution in [0.5, 0.6) is 5.75 Å². The van der Waals surface area contributed by atoms with Gasteiger partial charge in [-0.25, -0.2) is 4.98 Å². The van der Waals surface area contributed by atoms with Gasteiger partial charge >= 0.3 is 6.61 Å². The van der Waals surface area contributed by atoms with Gasteiger partial charge < -0.3 is 20.5 Å². The number of nitrogen functional groups attached to an aromatic ring is 1. The number of nitrogens with zero attached hydrogens (tertiary/aromatic N) is 3. The lowest BCUT2D eigenvalue weighted by Gasteiger charge is -2.33. The molecule has 2 aliphatic rings. The van der Waals surface area contributed by atoms with Crippen LogP contribution in [0, 0.1) is 0 Å². The highest BCUT2D eigenvalue weighted by atomic mass is 35.5. The van der Waals surface area contributed by atoms with Gasteiger partial charge in [0.15, 0.2) is 11.6 Å². The Hall–Kier alpha value is -1.97. The van der Waals surface area contributed by atoms with Gasteiger partial charge in [0, 0.05) is 18.3 Å². The van der Waals surface area contributed by atoms with Gasteiger partial charge in [0.05, 0.1) is 24.5 Å². The number of alkyl halides is 2. The van der Waals surface area contributed by atoms with Gasteiger partial charge in [-0.15, -0.1) is 12.4 Å². The number of ether oxygens (including phenoxy) is 2. The fraction of sp³-hybridized carbons (Fsp3) is 0.467. The third-order valence-electron chi connectivity index (χ3n) is 4.44. The third kappa shape index (κ3) is 3.14. The summed E-state index contributed by atoms with van der Waals surface area (Å²) in [7, 11) is 0. The minimum Gasteiger partial charge on any atom is -0.431 e. The molecule has 0 bridgehead atoms. The van der Waals surface area contributed by atoms with E-state index in [0.717, 1.165) is 25.2 Å². The molecule has 4 rings (SSSR count). The van der Waals surface area contributed by atoms with Gasteiger partial charge in [0.2, 0.25) is 0 Å². The average Bonchev–Trinajstić information content (AvgIpc) is 3.18. The second kappa shape index (κ2) is 6.74. The number of fused-ring (bicyclic) bond motifs is 2. The summed E-state index contributed by atoms with van der Waals surface area (Å²) in [4.78, 5) is 3.93. The maximum atomic E-state index is 12.5. The second-order valence-electron chi connectivity index (χ2n) is 5.89. The lowest BCUT2D eigenvalue weighted by atomic mass is 9.96. The average molecular weight is 374 g/mol. The maximum absolute atomic E-state index is 12.5. The first-order valence-electron chi connectivity index (χ1n) is 7.71. The van der Waals surface area contributed by atoms with Crippen LogP contribution in [-0.4, -0.2) is 41.1 Å². The number of nitrogens with one attached hydrogen (secondary N) is 1. The minimum absolute atomic E-state index is 0. The van der Waals surface area contributed by atoms with Crippen LogP contribution in [0.4, 0.5) is 14.6 Å². The van der Waals surface area contributed by atoms with Crippen LogP contribution in [0.25, 0.3) is 11.3 Å². The van der Waals surface area contributed by atoms with Crippen molar-refractivity contribution in [1.29, 1.82) is 0 Å². The van der Waals surface area contributed by atoms with E-state index in [0.29, 0.717) is 24.4 Å². The van der Waals surface area contributed by atoms with Crippen molar-refractivity contribution in [1.82, 2.24) is 20.1 Å². The Kier molecular flexibility index (Phi) is 4.81. The van der Waals surface area contributed by atoms with Gasteiger partial charge in [-0.2, -0.15) is 13.9 Å². The zero-order valence-electron chi connectivity index (χ0n) is 13.2. The van der Waals surface area contributed by atoms with Gasteiger partial charge in [-0.3, -0.25) is 4.68 Å². The molecule has 1 saturated heterocycles. The lowest BCUT2D eigenvalue weighted by Crippen LogP contribution is -2.40. The molecule has 10 heteroatoms. The summed E-state index contributed by atoms with van der Waals surface area (Å²) in [6, 6.07) is 3.36. The highest BCUT2D eigenvalue weighted by Gasteiger charge is 2.42. The largest absolute Gasteiger partial charge is 0.431 e. The number of aromatic nitrogens is 3. The van der Waals surface area contributed by atoms with Crippen molar-refractivity contribution in [2.75, 3.05) is 25.4 Å². The number of pyridine rings is 1. The van der Waals surface area contributed by atoms with Crippen LogP contribution in [0.15, 0.2) is 18.3 Å². The molecular formula is C15H18ClF2N5O2. The first-order chi connectivity index (χ1) is 11.6. The Bertz CT molecular complexity index is 764. The molecule has 0 aliphatic carbocycles. The fourth-order valence-electron chi connectivity index (χ4n) is 3.29. The maximum Gasteiger partial charge on any atom is 0.387 e. The molecule has 1 spiro atoms. The van der Waals surface area contributed by atoms with Crippen molar-refractivity contribution in [2.45, 2.75) is 25.2 Å². The fourth-order valence-corrected chi connectivity index (χ4v) is 3.29. The Balaban J connectivity index is 0.00000182. The molecule has 136 valence electrons. The summed E-state index contributed by atoms with van der Waals surface area (Å²) in [5.74, 6) is -0.232. The molecule has 1 atom stereocenters. The Morgan fingerprint density at radius 1 is 1.40 bits per heavy atom. The van der Waals surface area contributed by atoms with Gasteiger partial charge in [0.25, 0.3) is 0 Å². The first kappa shape index (κ1) is 17.8. The number of anilines is 1. The van der Waals surface area contributed by atoms with E-state index in [1.165, 1.54) is 12.3 Å². The highest BCUT2D eigenvalue weighted by molar-refractivity contribution is 5.85. The molecule has 4 heterocycles. The van der Waals surface area contributed by atoms with E-state index in [9.17, 15) is 8.78 Å². The Morgan fingerprint density at radius 2 is 2.24 bits per heavy atom. The van der Waals surface area contributed by atoms with E-state index in [-0.39, 0.29) is 29.6 Å². The van der Waals surface area contributed by atoms with E-state index in [1.807, 2.05) is 10.7 Å². The molecule has 2 aromatic rings. The molecule has 0 saturated carbocycles. The second-order valence-corrected chi connectivity index (χ2v) is 5.89. The molecular weight excluding hydrogens is 356 g/mol. The summed E-state index contributed by atoms with van der Waals surface area (Å²) in [5, 5.41) is 7.89. The molecule has 0 radical (unpaired) electrons. The predicted molar refractivity (Wildman–Crippen MR) is 88.9 cm³/mol. The zero-order chi connectivity index (χ0) is 16.7. The minimum atomic E-state index is -2.96. The molecule has 7 nitrogen and oxygen atoms in total. The molecule has 0 aromatic carbocycles. The van der Waals surface area contributed by atoms with Crippen LogP contribution in [-0.2, 0) is 16.9 Å². The Morgan fingerprint density at radius 3 is 2.96 bits per heavy atom. The summed E-state index contributed by atoms with van der Waals surface area (Å²) in [6.07, 6.45) is 2.38. The van der Waals surface area contributed by atoms with Gasteiger partial charge in [-0.1, -0.05) is 0 Å². The smallest absolute Gasteiger partial charge is 0.387 e. The monoisotopic (exact) mass is 373 g/mol. The predicted octanol–water partition coefficient (Wildman–Crippen LogP) is 1.77. The van der Waals surface area contributed by atoms with Crippen molar-refractivity contribution in [2.24, 2.45) is 0 Å². The summed E-state index contributed by atoms with van der Waals surface area (Å²) >= 11 is 0. The molecule has 0 unspecified atom stereocenters. The highest BCUT2D eigenvalue weighted by Crippen LogP contribution is 2.37. The summed E-state index contributed by atoms with van der Waals surface area (Å²) < 4.78 is 37.3. The number of rotatable bonds is 3. The molecule has 25 heavy (non-hydrogen) atoms. The SMILES string of the molecule is Cl.Nc1ncc(-c2cc3n(n2)CCO[C@@]32CCNC2)cc1OC(F)F. The number of nitrogens with two attached hydrogens (primary N) is 1. The van der Waals surface area contributed by atoms with E-state index in [2.05, 4.69) is 20.1 Å². The Labute approximate surface area is 148 Å². The lowest BCUT2D eigenvalue weighted by molar-refractivity contribution is -0.0657.